The highest BCUT2D eigenvalue weighted by molar-refractivity contribution is 5.89. The van der Waals surface area contributed by atoms with Crippen LogP contribution in [0.1, 0.15) is 33.6 Å². The molecule has 1 saturated heterocycles. The van der Waals surface area contributed by atoms with Crippen LogP contribution < -0.4 is 10.1 Å². The van der Waals surface area contributed by atoms with Crippen molar-refractivity contribution < 1.29 is 19.4 Å². The van der Waals surface area contributed by atoms with Crippen molar-refractivity contribution in [2.45, 2.75) is 33.6 Å². The number of hydrogen-bond donors (Lipinski definition) is 2. The largest absolute Gasteiger partial charge is 0.494 e. The third-order valence-electron chi connectivity index (χ3n) is 4.58. The van der Waals surface area contributed by atoms with E-state index in [1.54, 1.807) is 4.90 Å². The minimum absolute atomic E-state index is 0.0475. The van der Waals surface area contributed by atoms with E-state index >= 15 is 0 Å². The van der Waals surface area contributed by atoms with Crippen LogP contribution in [0.15, 0.2) is 24.3 Å². The summed E-state index contributed by atoms with van der Waals surface area (Å²) in [6, 6.07) is 7.13. The number of anilines is 1. The van der Waals surface area contributed by atoms with E-state index in [4.69, 9.17) is 9.84 Å². The van der Waals surface area contributed by atoms with Gasteiger partial charge in [-0.3, -0.25) is 4.79 Å². The molecule has 0 aromatic heterocycles. The normalized spacial score (nSPS) is 20.4. The summed E-state index contributed by atoms with van der Waals surface area (Å²) >= 11 is 0. The van der Waals surface area contributed by atoms with Crippen LogP contribution in [0.3, 0.4) is 0 Å². The first kappa shape index (κ1) is 19.1. The lowest BCUT2D eigenvalue weighted by molar-refractivity contribution is -0.145. The van der Waals surface area contributed by atoms with Crippen LogP contribution in [0.5, 0.6) is 5.75 Å². The van der Waals surface area contributed by atoms with Gasteiger partial charge < -0.3 is 20.1 Å². The zero-order valence-electron chi connectivity index (χ0n) is 15.2. The van der Waals surface area contributed by atoms with E-state index in [0.29, 0.717) is 37.7 Å². The molecule has 2 N–H and O–H groups in total. The SMILES string of the molecule is CC(C)CCOc1ccc(NC(=O)N2CCC(C(=O)O)C(C)C2)cc1. The highest BCUT2D eigenvalue weighted by atomic mass is 16.5. The zero-order valence-corrected chi connectivity index (χ0v) is 15.2. The lowest BCUT2D eigenvalue weighted by Gasteiger charge is -2.34. The average molecular weight is 348 g/mol. The molecule has 2 amide bonds. The number of urea groups is 1. The first-order valence-electron chi connectivity index (χ1n) is 8.88. The predicted octanol–water partition coefficient (Wildman–Crippen LogP) is 3.69. The quantitative estimate of drug-likeness (QED) is 0.822. The third-order valence-corrected chi connectivity index (χ3v) is 4.58. The number of carboxylic acids is 1. The molecule has 2 atom stereocenters. The number of benzene rings is 1. The van der Waals surface area contributed by atoms with Crippen molar-refractivity contribution in [1.29, 1.82) is 0 Å². The number of likely N-dealkylation sites (tertiary alicyclic amines) is 1. The Morgan fingerprint density at radius 1 is 1.32 bits per heavy atom. The highest BCUT2D eigenvalue weighted by Crippen LogP contribution is 2.24. The lowest BCUT2D eigenvalue weighted by Crippen LogP contribution is -2.46. The number of aliphatic carboxylic acids is 1. The second kappa shape index (κ2) is 8.74. The predicted molar refractivity (Wildman–Crippen MR) is 96.9 cm³/mol. The molecule has 138 valence electrons. The monoisotopic (exact) mass is 348 g/mol. The minimum atomic E-state index is -0.777. The van der Waals surface area contributed by atoms with E-state index in [0.717, 1.165) is 12.2 Å². The number of rotatable bonds is 6. The molecule has 2 unspecified atom stereocenters. The second-order valence-corrected chi connectivity index (χ2v) is 7.14. The van der Waals surface area contributed by atoms with Gasteiger partial charge in [-0.25, -0.2) is 4.79 Å². The van der Waals surface area contributed by atoms with Crippen molar-refractivity contribution in [1.82, 2.24) is 4.90 Å². The molecule has 1 fully saturated rings. The van der Waals surface area contributed by atoms with Gasteiger partial charge in [-0.15, -0.1) is 0 Å². The molecule has 1 aliphatic heterocycles. The Hall–Kier alpha value is -2.24. The van der Waals surface area contributed by atoms with E-state index in [9.17, 15) is 9.59 Å². The van der Waals surface area contributed by atoms with Crippen molar-refractivity contribution >= 4 is 17.7 Å². The Kier molecular flexibility index (Phi) is 6.67. The van der Waals surface area contributed by atoms with Gasteiger partial charge in [0.15, 0.2) is 0 Å². The van der Waals surface area contributed by atoms with Crippen LogP contribution in [0.2, 0.25) is 0 Å². The van der Waals surface area contributed by atoms with Gasteiger partial charge in [-0.1, -0.05) is 20.8 Å². The molecule has 0 saturated carbocycles. The van der Waals surface area contributed by atoms with Crippen LogP contribution in [0.25, 0.3) is 0 Å². The van der Waals surface area contributed by atoms with Gasteiger partial charge in [-0.05, 0) is 48.9 Å². The van der Waals surface area contributed by atoms with E-state index in [2.05, 4.69) is 19.2 Å². The topological polar surface area (TPSA) is 78.9 Å². The molecule has 2 rings (SSSR count). The van der Waals surface area contributed by atoms with Gasteiger partial charge in [0.2, 0.25) is 0 Å². The molecule has 1 aliphatic rings. The Morgan fingerprint density at radius 3 is 2.56 bits per heavy atom. The van der Waals surface area contributed by atoms with Crippen molar-refractivity contribution in [3.8, 4) is 5.75 Å². The molecule has 25 heavy (non-hydrogen) atoms. The second-order valence-electron chi connectivity index (χ2n) is 7.14. The highest BCUT2D eigenvalue weighted by Gasteiger charge is 2.32. The van der Waals surface area contributed by atoms with Gasteiger partial charge in [0.1, 0.15) is 5.75 Å². The van der Waals surface area contributed by atoms with Crippen molar-refractivity contribution in [2.75, 3.05) is 25.0 Å². The smallest absolute Gasteiger partial charge is 0.321 e. The molecule has 0 aliphatic carbocycles. The summed E-state index contributed by atoms with van der Waals surface area (Å²) in [5.41, 5.74) is 0.703. The number of ether oxygens (including phenoxy) is 1. The molecule has 1 aromatic carbocycles. The summed E-state index contributed by atoms with van der Waals surface area (Å²) in [5.74, 6) is 0.196. The van der Waals surface area contributed by atoms with Gasteiger partial charge in [0.25, 0.3) is 0 Å². The van der Waals surface area contributed by atoms with E-state index in [1.165, 1.54) is 0 Å². The summed E-state index contributed by atoms with van der Waals surface area (Å²) in [4.78, 5) is 25.2. The van der Waals surface area contributed by atoms with E-state index in [-0.39, 0.29) is 17.9 Å². The van der Waals surface area contributed by atoms with Crippen LogP contribution in [-0.4, -0.2) is 41.7 Å². The van der Waals surface area contributed by atoms with Gasteiger partial charge in [0.05, 0.1) is 12.5 Å². The number of carbonyl (C=O) groups excluding carboxylic acids is 1. The van der Waals surface area contributed by atoms with Crippen molar-refractivity contribution in [3.05, 3.63) is 24.3 Å². The molecular weight excluding hydrogens is 320 g/mol. The molecule has 6 heteroatoms. The number of piperidine rings is 1. The molecular formula is C19H28N2O4. The summed E-state index contributed by atoms with van der Waals surface area (Å²) < 4.78 is 5.66. The Morgan fingerprint density at radius 2 is 2.00 bits per heavy atom. The maximum Gasteiger partial charge on any atom is 0.321 e. The molecule has 0 spiro atoms. The first-order valence-corrected chi connectivity index (χ1v) is 8.88. The summed E-state index contributed by atoms with van der Waals surface area (Å²) in [6.07, 6.45) is 1.50. The number of nitrogens with one attached hydrogen (secondary N) is 1. The lowest BCUT2D eigenvalue weighted by atomic mass is 9.87. The van der Waals surface area contributed by atoms with Crippen LogP contribution in [0, 0.1) is 17.8 Å². The van der Waals surface area contributed by atoms with Crippen LogP contribution >= 0.6 is 0 Å². The fraction of sp³-hybridized carbons (Fsp3) is 0.579. The van der Waals surface area contributed by atoms with Gasteiger partial charge >= 0.3 is 12.0 Å². The maximum atomic E-state index is 12.4. The van der Waals surface area contributed by atoms with Crippen molar-refractivity contribution in [3.63, 3.8) is 0 Å². The van der Waals surface area contributed by atoms with Crippen molar-refractivity contribution in [2.24, 2.45) is 17.8 Å². The molecule has 0 radical (unpaired) electrons. The first-order chi connectivity index (χ1) is 11.9. The Bertz CT molecular complexity index is 586. The summed E-state index contributed by atoms with van der Waals surface area (Å²) in [5, 5.41) is 12.0. The molecule has 0 bridgehead atoms. The Labute approximate surface area is 149 Å². The van der Waals surface area contributed by atoms with Gasteiger partial charge in [0, 0.05) is 18.8 Å². The number of amides is 2. The Balaban J connectivity index is 1.83. The maximum absolute atomic E-state index is 12.4. The fourth-order valence-electron chi connectivity index (χ4n) is 2.95. The minimum Gasteiger partial charge on any atom is -0.494 e. The third kappa shape index (κ3) is 5.66. The fourth-order valence-corrected chi connectivity index (χ4v) is 2.95. The van der Waals surface area contributed by atoms with Crippen LogP contribution in [-0.2, 0) is 4.79 Å². The molecule has 6 nitrogen and oxygen atoms in total. The number of nitrogens with zero attached hydrogens (tertiary/aromatic N) is 1. The number of carboxylic acid groups (broad SMARTS) is 1. The molecule has 1 heterocycles. The summed E-state index contributed by atoms with van der Waals surface area (Å²) in [6.45, 7) is 7.79. The average Bonchev–Trinajstić information content (AvgIpc) is 2.55. The standard InChI is InChI=1S/C19H28N2O4/c1-13(2)9-11-25-16-6-4-15(5-7-16)20-19(24)21-10-8-17(18(22)23)14(3)12-21/h4-7,13-14,17H,8-12H2,1-3H3,(H,20,24)(H,22,23). The van der Waals surface area contributed by atoms with E-state index in [1.807, 2.05) is 31.2 Å². The number of carbonyl (C=O) groups is 2. The van der Waals surface area contributed by atoms with Crippen LogP contribution in [0.4, 0.5) is 10.5 Å². The molecule has 1 aromatic rings. The van der Waals surface area contributed by atoms with Gasteiger partial charge in [-0.2, -0.15) is 0 Å². The number of hydrogen-bond acceptors (Lipinski definition) is 3. The summed E-state index contributed by atoms with van der Waals surface area (Å²) in [7, 11) is 0. The zero-order chi connectivity index (χ0) is 18.4. The van der Waals surface area contributed by atoms with E-state index < -0.39 is 5.97 Å².